The van der Waals surface area contributed by atoms with E-state index in [4.69, 9.17) is 4.74 Å². The topological polar surface area (TPSA) is 9.23 Å². The van der Waals surface area contributed by atoms with E-state index >= 15 is 0 Å². The lowest BCUT2D eigenvalue weighted by Gasteiger charge is -1.93. The second-order valence-electron chi connectivity index (χ2n) is 1.44. The summed E-state index contributed by atoms with van der Waals surface area (Å²) in [6, 6.07) is 10.2. The zero-order valence-electron chi connectivity index (χ0n) is 4.72. The van der Waals surface area contributed by atoms with Gasteiger partial charge in [0, 0.05) is 0 Å². The maximum absolute atomic E-state index is 4.89. The second kappa shape index (κ2) is 4.64. The zero-order chi connectivity index (χ0) is 5.82. The minimum Gasteiger partial charge on any atom is -0.497 e. The van der Waals surface area contributed by atoms with Crippen LogP contribution in [0, 0.1) is 6.07 Å². The average molecular weight is 133 g/mol. The van der Waals surface area contributed by atoms with Crippen LogP contribution >= 0.6 is 0 Å². The Bertz CT molecular complexity index is 150. The maximum atomic E-state index is 4.89. The summed E-state index contributed by atoms with van der Waals surface area (Å²) in [5, 5.41) is 0. The lowest BCUT2D eigenvalue weighted by molar-refractivity contribution is 0.415. The lowest BCUT2D eigenvalue weighted by Crippen LogP contribution is -1.78. The molecule has 0 heterocycles. The molecule has 1 aromatic rings. The molecule has 1 radical (unpaired) electrons. The molecule has 0 N–H and O–H groups in total. The summed E-state index contributed by atoms with van der Waals surface area (Å²) in [4.78, 5) is 0. The van der Waals surface area contributed by atoms with Gasteiger partial charge in [0.15, 0.2) is 0 Å². The third-order valence-corrected chi connectivity index (χ3v) is 0.923. The Labute approximate surface area is 71.2 Å². The van der Waals surface area contributed by atoms with Gasteiger partial charge in [-0.25, -0.2) is 0 Å². The smallest absolute Gasteiger partial charge is 0.316 e. The van der Waals surface area contributed by atoms with Crippen molar-refractivity contribution in [3.8, 4) is 5.75 Å². The van der Waals surface area contributed by atoms with E-state index in [9.17, 15) is 0 Å². The third-order valence-electron chi connectivity index (χ3n) is 0.923. The van der Waals surface area contributed by atoms with Gasteiger partial charge >= 0.3 is 23.1 Å². The average Bonchev–Trinajstić information content (AvgIpc) is 1.90. The Morgan fingerprint density at radius 2 is 1.89 bits per heavy atom. The number of ether oxygens (including phenoxy) is 1. The summed E-state index contributed by atoms with van der Waals surface area (Å²) in [6.45, 7) is 0. The Kier molecular flexibility index (Phi) is 4.53. The standard InChI is InChI=1S/C7H7O.Mg.2H/c1-8-7-5-3-2-4-6-7;;;/h3-6H,1H3;;;. The number of rotatable bonds is 1. The molecule has 0 saturated heterocycles. The van der Waals surface area contributed by atoms with Crippen LogP contribution in [0.15, 0.2) is 24.3 Å². The fourth-order valence-electron chi connectivity index (χ4n) is 0.508. The van der Waals surface area contributed by atoms with Gasteiger partial charge in [-0.2, -0.15) is 0 Å². The number of methoxy groups -OCH3 is 1. The van der Waals surface area contributed by atoms with Crippen molar-refractivity contribution in [1.82, 2.24) is 0 Å². The number of hydrogen-bond acceptors (Lipinski definition) is 1. The summed E-state index contributed by atoms with van der Waals surface area (Å²) in [7, 11) is 1.65. The molecule has 1 aromatic carbocycles. The molecule has 0 spiro atoms. The highest BCUT2D eigenvalue weighted by atomic mass is 24.3. The van der Waals surface area contributed by atoms with Crippen LogP contribution in [0.1, 0.15) is 0 Å². The second-order valence-corrected chi connectivity index (χ2v) is 1.44. The molecule has 9 heavy (non-hydrogen) atoms. The molecule has 0 amide bonds. The highest BCUT2D eigenvalue weighted by Gasteiger charge is 1.80. The highest BCUT2D eigenvalue weighted by molar-refractivity contribution is 5.75. The van der Waals surface area contributed by atoms with Gasteiger partial charge in [0.05, 0.1) is 7.11 Å². The van der Waals surface area contributed by atoms with Gasteiger partial charge in [-0.3, -0.25) is 0 Å². The normalized spacial score (nSPS) is 7.67. The molecule has 0 aromatic heterocycles. The quantitative estimate of drug-likeness (QED) is 0.509. The van der Waals surface area contributed by atoms with Crippen molar-refractivity contribution in [2.75, 3.05) is 7.11 Å². The summed E-state index contributed by atoms with van der Waals surface area (Å²) in [6.07, 6.45) is 0. The van der Waals surface area contributed by atoms with Gasteiger partial charge < -0.3 is 4.74 Å². The molecule has 45 valence electrons. The summed E-state index contributed by atoms with van der Waals surface area (Å²) in [5.41, 5.74) is 0. The van der Waals surface area contributed by atoms with E-state index < -0.39 is 0 Å². The molecule has 0 fully saturated rings. The Morgan fingerprint density at radius 1 is 1.33 bits per heavy atom. The Hall–Kier alpha value is -0.214. The molecule has 0 aliphatic heterocycles. The van der Waals surface area contributed by atoms with Gasteiger partial charge in [-0.1, -0.05) is 12.1 Å². The first-order chi connectivity index (χ1) is 3.93. The first-order valence-electron chi connectivity index (χ1n) is 2.43. The number of benzene rings is 1. The first-order valence-corrected chi connectivity index (χ1v) is 2.43. The van der Waals surface area contributed by atoms with Crippen molar-refractivity contribution in [3.05, 3.63) is 30.3 Å². The van der Waals surface area contributed by atoms with E-state index in [0.717, 1.165) is 5.75 Å². The van der Waals surface area contributed by atoms with Crippen LogP contribution < -0.4 is 4.74 Å². The zero-order valence-corrected chi connectivity index (χ0v) is 4.72. The Morgan fingerprint density at radius 3 is 2.22 bits per heavy atom. The van der Waals surface area contributed by atoms with Crippen molar-refractivity contribution in [1.29, 1.82) is 0 Å². The predicted octanol–water partition coefficient (Wildman–Crippen LogP) is 0.579. The molecule has 0 aliphatic carbocycles. The fraction of sp³-hybridized carbons (Fsp3) is 0.143. The van der Waals surface area contributed by atoms with E-state index in [2.05, 4.69) is 6.07 Å². The van der Waals surface area contributed by atoms with Gasteiger partial charge in [-0.05, 0) is 18.2 Å². The maximum Gasteiger partial charge on any atom is 0.316 e. The van der Waals surface area contributed by atoms with Gasteiger partial charge in [0.25, 0.3) is 0 Å². The van der Waals surface area contributed by atoms with Gasteiger partial charge in [-0.15, -0.1) is 0 Å². The van der Waals surface area contributed by atoms with Gasteiger partial charge in [0.2, 0.25) is 0 Å². The van der Waals surface area contributed by atoms with E-state index in [1.807, 2.05) is 24.3 Å². The molecule has 1 nitrogen and oxygen atoms in total. The minimum absolute atomic E-state index is 0. The Balaban J connectivity index is 0.000000640. The molecule has 1 rings (SSSR count). The first kappa shape index (κ1) is 8.79. The van der Waals surface area contributed by atoms with E-state index in [1.54, 1.807) is 7.11 Å². The van der Waals surface area contributed by atoms with Crippen molar-refractivity contribution >= 4 is 23.1 Å². The van der Waals surface area contributed by atoms with Gasteiger partial charge in [0.1, 0.15) is 5.75 Å². The van der Waals surface area contributed by atoms with E-state index in [0.29, 0.717) is 0 Å². The molecular weight excluding hydrogens is 124 g/mol. The van der Waals surface area contributed by atoms with Crippen LogP contribution in [0.2, 0.25) is 0 Å². The summed E-state index contributed by atoms with van der Waals surface area (Å²) < 4.78 is 4.89. The molecule has 0 aliphatic rings. The van der Waals surface area contributed by atoms with Crippen LogP contribution in [0.25, 0.3) is 0 Å². The van der Waals surface area contributed by atoms with Crippen LogP contribution in [-0.2, 0) is 0 Å². The molecule has 2 heteroatoms. The van der Waals surface area contributed by atoms with Crippen molar-refractivity contribution in [2.24, 2.45) is 0 Å². The molecule has 0 atom stereocenters. The van der Waals surface area contributed by atoms with E-state index in [1.165, 1.54) is 0 Å². The van der Waals surface area contributed by atoms with Crippen LogP contribution in [0.4, 0.5) is 0 Å². The predicted molar refractivity (Wildman–Crippen MR) is 40.4 cm³/mol. The molecule has 0 bridgehead atoms. The summed E-state index contributed by atoms with van der Waals surface area (Å²) >= 11 is 0. The van der Waals surface area contributed by atoms with Crippen LogP contribution in [-0.4, -0.2) is 30.2 Å². The van der Waals surface area contributed by atoms with E-state index in [-0.39, 0.29) is 23.1 Å². The van der Waals surface area contributed by atoms with Crippen molar-refractivity contribution < 1.29 is 4.74 Å². The molecular formula is C7H9MgO. The van der Waals surface area contributed by atoms with Crippen LogP contribution in [0.5, 0.6) is 5.75 Å². The molecule has 0 saturated carbocycles. The lowest BCUT2D eigenvalue weighted by atomic mass is 10.3. The summed E-state index contributed by atoms with van der Waals surface area (Å²) in [5.74, 6) is 0.878. The van der Waals surface area contributed by atoms with Crippen molar-refractivity contribution in [2.45, 2.75) is 0 Å². The third kappa shape index (κ3) is 2.72. The largest absolute Gasteiger partial charge is 0.497 e. The highest BCUT2D eigenvalue weighted by Crippen LogP contribution is 2.05. The van der Waals surface area contributed by atoms with Crippen molar-refractivity contribution in [3.63, 3.8) is 0 Å². The number of hydrogen-bond donors (Lipinski definition) is 0. The minimum atomic E-state index is 0. The monoisotopic (exact) mass is 133 g/mol. The fourth-order valence-corrected chi connectivity index (χ4v) is 0.508. The van der Waals surface area contributed by atoms with Crippen LogP contribution in [0.3, 0.4) is 0 Å². The molecule has 0 unspecified atom stereocenters. The SMILES string of the molecule is COc1cc[c]cc1.[MgH2].